The summed E-state index contributed by atoms with van der Waals surface area (Å²) in [6, 6.07) is 10.0. The van der Waals surface area contributed by atoms with Crippen molar-refractivity contribution in [3.8, 4) is 0 Å². The Morgan fingerprint density at radius 3 is 2.26 bits per heavy atom. The third kappa shape index (κ3) is 2.70. The van der Waals surface area contributed by atoms with Gasteiger partial charge in [0.2, 0.25) is 0 Å². The highest BCUT2D eigenvalue weighted by Crippen LogP contribution is 2.40. The molecular weight excluding hydrogens is 234 g/mol. The van der Waals surface area contributed by atoms with E-state index in [4.69, 9.17) is 5.11 Å². The summed E-state index contributed by atoms with van der Waals surface area (Å²) in [7, 11) is 0. The van der Waals surface area contributed by atoms with Crippen LogP contribution in [0.3, 0.4) is 0 Å². The molecule has 1 aromatic rings. The summed E-state index contributed by atoms with van der Waals surface area (Å²) in [4.78, 5) is 0. The van der Waals surface area contributed by atoms with Crippen molar-refractivity contribution in [2.75, 3.05) is 6.61 Å². The van der Waals surface area contributed by atoms with Crippen LogP contribution in [0, 0.1) is 11.8 Å². The lowest BCUT2D eigenvalue weighted by molar-refractivity contribution is 0.244. The molecule has 2 heteroatoms. The maximum Gasteiger partial charge on any atom is 0.0445 e. The van der Waals surface area contributed by atoms with Crippen LogP contribution in [0.4, 0.5) is 0 Å². The first-order valence-electron chi connectivity index (χ1n) is 7.71. The van der Waals surface area contributed by atoms with Crippen LogP contribution in [-0.4, -0.2) is 23.8 Å². The van der Waals surface area contributed by atoms with Gasteiger partial charge in [0.05, 0.1) is 0 Å². The monoisotopic (exact) mass is 259 g/mol. The van der Waals surface area contributed by atoms with Gasteiger partial charge < -0.3 is 10.4 Å². The van der Waals surface area contributed by atoms with Crippen molar-refractivity contribution in [3.63, 3.8) is 0 Å². The molecule has 2 N–H and O–H groups in total. The normalized spacial score (nSPS) is 30.7. The number of hydrogen-bond donors (Lipinski definition) is 2. The molecule has 3 unspecified atom stereocenters. The molecule has 104 valence electrons. The molecular formula is C17H25NO. The lowest BCUT2D eigenvalue weighted by atomic mass is 9.94. The Morgan fingerprint density at radius 2 is 1.74 bits per heavy atom. The molecule has 1 fully saturated rings. The topological polar surface area (TPSA) is 32.3 Å². The third-order valence-corrected chi connectivity index (χ3v) is 5.05. The Kier molecular flexibility index (Phi) is 3.90. The van der Waals surface area contributed by atoms with E-state index in [0.717, 1.165) is 18.3 Å². The van der Waals surface area contributed by atoms with Gasteiger partial charge in [-0.15, -0.1) is 0 Å². The average Bonchev–Trinajstić information content (AvgIpc) is 2.66. The van der Waals surface area contributed by atoms with Crippen molar-refractivity contribution in [3.05, 3.63) is 35.4 Å². The van der Waals surface area contributed by atoms with Crippen LogP contribution >= 0.6 is 0 Å². The lowest BCUT2D eigenvalue weighted by Crippen LogP contribution is -2.43. The maximum absolute atomic E-state index is 9.07. The third-order valence-electron chi connectivity index (χ3n) is 5.05. The van der Waals surface area contributed by atoms with E-state index in [1.165, 1.54) is 25.7 Å². The number of nitrogens with one attached hydrogen (secondary N) is 1. The number of hydrogen-bond acceptors (Lipinski definition) is 2. The molecule has 1 saturated carbocycles. The summed E-state index contributed by atoms with van der Waals surface area (Å²) in [6.45, 7) is 2.49. The minimum absolute atomic E-state index is 0.288. The van der Waals surface area contributed by atoms with Gasteiger partial charge in [-0.3, -0.25) is 0 Å². The summed E-state index contributed by atoms with van der Waals surface area (Å²) in [5.41, 5.74) is 3.13. The zero-order valence-corrected chi connectivity index (χ0v) is 11.8. The van der Waals surface area contributed by atoms with Crippen LogP contribution in [0.1, 0.15) is 37.3 Å². The minimum atomic E-state index is 0.288. The van der Waals surface area contributed by atoms with Gasteiger partial charge in [-0.2, -0.15) is 0 Å². The molecule has 0 spiro atoms. The molecule has 2 nitrogen and oxygen atoms in total. The van der Waals surface area contributed by atoms with E-state index in [1.807, 2.05) is 0 Å². The minimum Gasteiger partial charge on any atom is -0.396 e. The summed E-state index contributed by atoms with van der Waals surface area (Å²) < 4.78 is 0. The summed E-state index contributed by atoms with van der Waals surface area (Å²) >= 11 is 0. The smallest absolute Gasteiger partial charge is 0.0445 e. The van der Waals surface area contributed by atoms with E-state index < -0.39 is 0 Å². The zero-order valence-electron chi connectivity index (χ0n) is 11.8. The fourth-order valence-electron chi connectivity index (χ4n) is 4.03. The van der Waals surface area contributed by atoms with E-state index in [2.05, 4.69) is 36.5 Å². The molecule has 3 rings (SSSR count). The van der Waals surface area contributed by atoms with Gasteiger partial charge in [0.15, 0.2) is 0 Å². The van der Waals surface area contributed by atoms with Gasteiger partial charge in [-0.05, 0) is 62.0 Å². The van der Waals surface area contributed by atoms with Crippen molar-refractivity contribution in [1.29, 1.82) is 0 Å². The molecule has 19 heavy (non-hydrogen) atoms. The molecule has 2 bridgehead atoms. The quantitative estimate of drug-likeness (QED) is 0.871. The molecule has 3 atom stereocenters. The van der Waals surface area contributed by atoms with Crippen molar-refractivity contribution >= 4 is 0 Å². The second-order valence-electron chi connectivity index (χ2n) is 6.38. The van der Waals surface area contributed by atoms with Gasteiger partial charge in [0, 0.05) is 18.7 Å². The maximum atomic E-state index is 9.07. The average molecular weight is 259 g/mol. The summed E-state index contributed by atoms with van der Waals surface area (Å²) in [5.74, 6) is 1.57. The van der Waals surface area contributed by atoms with Crippen molar-refractivity contribution in [2.45, 2.75) is 51.1 Å². The van der Waals surface area contributed by atoms with E-state index in [0.29, 0.717) is 12.1 Å². The number of rotatable bonds is 4. The van der Waals surface area contributed by atoms with Gasteiger partial charge in [0.25, 0.3) is 0 Å². The van der Waals surface area contributed by atoms with Crippen molar-refractivity contribution < 1.29 is 5.11 Å². The second-order valence-corrected chi connectivity index (χ2v) is 6.38. The summed E-state index contributed by atoms with van der Waals surface area (Å²) in [6.07, 6.45) is 6.06. The molecule has 1 aromatic carbocycles. The number of aliphatic hydroxyl groups excluding tert-OH is 1. The molecule has 0 aliphatic heterocycles. The number of benzene rings is 1. The van der Waals surface area contributed by atoms with Crippen LogP contribution in [0.25, 0.3) is 0 Å². The molecule has 2 aliphatic rings. The van der Waals surface area contributed by atoms with Crippen LogP contribution in [-0.2, 0) is 12.8 Å². The van der Waals surface area contributed by atoms with Crippen LogP contribution in [0.2, 0.25) is 0 Å². The van der Waals surface area contributed by atoms with E-state index in [9.17, 15) is 0 Å². The highest BCUT2D eigenvalue weighted by molar-refractivity contribution is 5.30. The first-order valence-corrected chi connectivity index (χ1v) is 7.71. The Morgan fingerprint density at radius 1 is 1.16 bits per heavy atom. The van der Waals surface area contributed by atoms with Gasteiger partial charge in [-0.25, -0.2) is 0 Å². The van der Waals surface area contributed by atoms with Crippen LogP contribution < -0.4 is 5.32 Å². The fourth-order valence-corrected chi connectivity index (χ4v) is 4.03. The van der Waals surface area contributed by atoms with Crippen LogP contribution in [0.5, 0.6) is 0 Å². The van der Waals surface area contributed by atoms with Crippen molar-refractivity contribution in [1.82, 2.24) is 5.32 Å². The second kappa shape index (κ2) is 5.64. The Bertz CT molecular complexity index is 398. The standard InChI is InChI=1S/C17H25NO/c1-12(8-9-19)18-17-15-6-7-16(17)11-14-5-3-2-4-13(14)10-15/h2-5,12,15-19H,6-11H2,1H3. The Hall–Kier alpha value is -0.860. The Labute approximate surface area is 116 Å². The zero-order chi connectivity index (χ0) is 13.2. The summed E-state index contributed by atoms with van der Waals surface area (Å²) in [5, 5.41) is 12.9. The first kappa shape index (κ1) is 13.1. The highest BCUT2D eigenvalue weighted by atomic mass is 16.3. The largest absolute Gasteiger partial charge is 0.396 e. The SMILES string of the molecule is CC(CCO)NC1C2CCC1Cc1ccccc1C2. The number of aliphatic hydroxyl groups is 1. The Balaban J connectivity index is 1.76. The van der Waals surface area contributed by atoms with E-state index in [-0.39, 0.29) is 6.61 Å². The number of fused-ring (bicyclic) bond motifs is 3. The van der Waals surface area contributed by atoms with Gasteiger partial charge >= 0.3 is 0 Å². The van der Waals surface area contributed by atoms with E-state index in [1.54, 1.807) is 11.1 Å². The van der Waals surface area contributed by atoms with Gasteiger partial charge in [-0.1, -0.05) is 24.3 Å². The molecule has 0 aromatic heterocycles. The predicted octanol–water partition coefficient (Wildman–Crippen LogP) is 2.54. The highest BCUT2D eigenvalue weighted by Gasteiger charge is 2.39. The van der Waals surface area contributed by atoms with Gasteiger partial charge in [0.1, 0.15) is 0 Å². The fraction of sp³-hybridized carbons (Fsp3) is 0.647. The first-order chi connectivity index (χ1) is 9.28. The molecule has 0 radical (unpaired) electrons. The molecule has 2 aliphatic carbocycles. The predicted molar refractivity (Wildman–Crippen MR) is 78.2 cm³/mol. The van der Waals surface area contributed by atoms with Crippen LogP contribution in [0.15, 0.2) is 24.3 Å². The lowest BCUT2D eigenvalue weighted by Gasteiger charge is -2.27. The van der Waals surface area contributed by atoms with Crippen molar-refractivity contribution in [2.24, 2.45) is 11.8 Å². The molecule has 0 amide bonds. The molecule has 0 heterocycles. The van der Waals surface area contributed by atoms with E-state index >= 15 is 0 Å². The molecule has 0 saturated heterocycles.